The average molecular weight is 346 g/mol. The molecular weight excluding hydrogens is 325 g/mol. The molecule has 7 heteroatoms. The second-order valence-electron chi connectivity index (χ2n) is 5.54. The monoisotopic (exact) mass is 346 g/mol. The van der Waals surface area contributed by atoms with Gasteiger partial charge in [-0.1, -0.05) is 43.7 Å². The first-order chi connectivity index (χ1) is 10.8. The second kappa shape index (κ2) is 7.57. The Morgan fingerprint density at radius 1 is 1.35 bits per heavy atom. The third-order valence-corrected chi connectivity index (χ3v) is 5.34. The molecule has 1 heterocycles. The van der Waals surface area contributed by atoms with E-state index < -0.39 is 17.0 Å². The summed E-state index contributed by atoms with van der Waals surface area (Å²) in [6, 6.07) is 8.64. The van der Waals surface area contributed by atoms with Gasteiger partial charge in [-0.15, -0.1) is 11.8 Å². The van der Waals surface area contributed by atoms with E-state index in [9.17, 15) is 18.0 Å². The van der Waals surface area contributed by atoms with Crippen LogP contribution in [0.3, 0.4) is 0 Å². The van der Waals surface area contributed by atoms with Gasteiger partial charge in [0, 0.05) is 20.0 Å². The molecule has 0 aromatic heterocycles. The number of hydrogen-bond acceptors (Lipinski definition) is 3. The molecule has 23 heavy (non-hydrogen) atoms. The Morgan fingerprint density at radius 2 is 2.00 bits per heavy atom. The van der Waals surface area contributed by atoms with Crippen molar-refractivity contribution < 1.29 is 18.0 Å². The smallest absolute Gasteiger partial charge is 0.330 e. The molecule has 1 amide bonds. The molecule has 1 aromatic rings. The first-order valence-corrected chi connectivity index (χ1v) is 8.60. The van der Waals surface area contributed by atoms with Crippen LogP contribution in [0.25, 0.3) is 0 Å². The van der Waals surface area contributed by atoms with Crippen LogP contribution in [0.15, 0.2) is 30.3 Å². The highest BCUT2D eigenvalue weighted by Gasteiger charge is 2.50. The average Bonchev–Trinajstić information content (AvgIpc) is 2.93. The molecule has 128 valence electrons. The predicted molar refractivity (Wildman–Crippen MR) is 85.6 cm³/mol. The normalized spacial score (nSPS) is 22.3. The lowest BCUT2D eigenvalue weighted by Crippen LogP contribution is -2.43. The van der Waals surface area contributed by atoms with Crippen LogP contribution in [-0.2, 0) is 4.79 Å². The molecule has 1 saturated heterocycles. The van der Waals surface area contributed by atoms with Crippen LogP contribution in [-0.4, -0.2) is 40.5 Å². The minimum absolute atomic E-state index is 0.174. The Balaban J connectivity index is 2.24. The van der Waals surface area contributed by atoms with Crippen LogP contribution < -0.4 is 0 Å². The van der Waals surface area contributed by atoms with Gasteiger partial charge in [-0.3, -0.25) is 4.79 Å². The van der Waals surface area contributed by atoms with Crippen molar-refractivity contribution in [2.75, 3.05) is 13.1 Å². The maximum atomic E-state index is 13.4. The molecule has 2 rings (SSSR count). The zero-order valence-corrected chi connectivity index (χ0v) is 14.0. The Hall–Kier alpha value is -1.21. The molecule has 2 atom stereocenters. The molecule has 0 N–H and O–H groups in total. The van der Waals surface area contributed by atoms with Crippen molar-refractivity contribution in [3.05, 3.63) is 35.9 Å². The quantitative estimate of drug-likeness (QED) is 0.746. The number of hydrogen-bond donors (Lipinski definition) is 0. The standard InChI is InChI=1S/C16H21F3N2OS/c1-3-4-10-20(12(2)22)14-11-21(16(17,18)19)15(23-14)13-8-6-5-7-9-13/h5-9,14-15H,3-4,10-11H2,1-2H3. The highest BCUT2D eigenvalue weighted by Crippen LogP contribution is 2.48. The van der Waals surface area contributed by atoms with E-state index in [1.807, 2.05) is 6.92 Å². The van der Waals surface area contributed by atoms with Gasteiger partial charge in [0.15, 0.2) is 0 Å². The lowest BCUT2D eigenvalue weighted by Gasteiger charge is -2.27. The zero-order valence-electron chi connectivity index (χ0n) is 13.2. The summed E-state index contributed by atoms with van der Waals surface area (Å²) < 4.78 is 40.2. The van der Waals surface area contributed by atoms with Crippen molar-refractivity contribution in [2.24, 2.45) is 0 Å². The Labute approximate surface area is 138 Å². The van der Waals surface area contributed by atoms with Crippen LogP contribution in [0.4, 0.5) is 13.2 Å². The maximum absolute atomic E-state index is 13.4. The van der Waals surface area contributed by atoms with E-state index in [0.717, 1.165) is 12.8 Å². The number of carbonyl (C=O) groups is 1. The topological polar surface area (TPSA) is 23.6 Å². The number of carbonyl (C=O) groups excluding carboxylic acids is 1. The van der Waals surface area contributed by atoms with Gasteiger partial charge in [0.1, 0.15) is 0 Å². The number of thioether (sulfide) groups is 1. The molecule has 1 aliphatic heterocycles. The van der Waals surface area contributed by atoms with E-state index >= 15 is 0 Å². The number of benzene rings is 1. The summed E-state index contributed by atoms with van der Waals surface area (Å²) in [5.74, 6) is -0.174. The van der Waals surface area contributed by atoms with Crippen molar-refractivity contribution in [3.8, 4) is 0 Å². The summed E-state index contributed by atoms with van der Waals surface area (Å²) in [6.45, 7) is 3.71. The van der Waals surface area contributed by atoms with Gasteiger partial charge >= 0.3 is 6.30 Å². The number of amides is 1. The zero-order chi connectivity index (χ0) is 17.0. The van der Waals surface area contributed by atoms with Crippen molar-refractivity contribution in [2.45, 2.75) is 43.7 Å². The molecule has 0 radical (unpaired) electrons. The van der Waals surface area contributed by atoms with Crippen molar-refractivity contribution >= 4 is 17.7 Å². The van der Waals surface area contributed by atoms with Crippen LogP contribution in [0.1, 0.15) is 37.6 Å². The van der Waals surface area contributed by atoms with Gasteiger partial charge in [-0.25, -0.2) is 0 Å². The second-order valence-corrected chi connectivity index (χ2v) is 6.80. The molecule has 1 fully saturated rings. The molecule has 0 aliphatic carbocycles. The first kappa shape index (κ1) is 18.1. The van der Waals surface area contributed by atoms with Crippen LogP contribution in [0, 0.1) is 0 Å². The molecule has 1 aromatic carbocycles. The summed E-state index contributed by atoms with van der Waals surface area (Å²) in [4.78, 5) is 13.9. The van der Waals surface area contributed by atoms with Gasteiger partial charge in [0.05, 0.1) is 10.7 Å². The van der Waals surface area contributed by atoms with E-state index in [-0.39, 0.29) is 12.5 Å². The molecule has 0 spiro atoms. The molecular formula is C16H21F3N2OS. The van der Waals surface area contributed by atoms with Gasteiger partial charge in [-0.2, -0.15) is 18.1 Å². The minimum Gasteiger partial charge on any atom is -0.330 e. The fourth-order valence-corrected chi connectivity index (χ4v) is 4.26. The lowest BCUT2D eigenvalue weighted by atomic mass is 10.2. The van der Waals surface area contributed by atoms with Gasteiger partial charge in [0.2, 0.25) is 5.91 Å². The lowest BCUT2D eigenvalue weighted by molar-refractivity contribution is -0.248. The van der Waals surface area contributed by atoms with Crippen molar-refractivity contribution in [1.29, 1.82) is 0 Å². The molecule has 0 bridgehead atoms. The number of halogens is 3. The predicted octanol–water partition coefficient (Wildman–Crippen LogP) is 4.23. The Kier molecular flexibility index (Phi) is 5.97. The van der Waals surface area contributed by atoms with Gasteiger partial charge in [-0.05, 0) is 12.0 Å². The van der Waals surface area contributed by atoms with Crippen molar-refractivity contribution in [1.82, 2.24) is 9.80 Å². The van der Waals surface area contributed by atoms with Crippen LogP contribution in [0.5, 0.6) is 0 Å². The summed E-state index contributed by atoms with van der Waals surface area (Å²) >= 11 is 1.20. The van der Waals surface area contributed by atoms with Crippen LogP contribution in [0.2, 0.25) is 0 Å². The molecule has 0 saturated carbocycles. The summed E-state index contributed by atoms with van der Waals surface area (Å²) in [6.07, 6.45) is -2.74. The summed E-state index contributed by atoms with van der Waals surface area (Å²) in [5, 5.41) is -1.30. The minimum atomic E-state index is -4.42. The first-order valence-electron chi connectivity index (χ1n) is 7.65. The van der Waals surface area contributed by atoms with E-state index in [0.29, 0.717) is 17.0 Å². The third kappa shape index (κ3) is 4.41. The molecule has 1 aliphatic rings. The van der Waals surface area contributed by atoms with E-state index in [4.69, 9.17) is 0 Å². The summed E-state index contributed by atoms with van der Waals surface area (Å²) in [5.41, 5.74) is 0.608. The highest BCUT2D eigenvalue weighted by molar-refractivity contribution is 8.00. The molecule has 2 unspecified atom stereocenters. The Morgan fingerprint density at radius 3 is 2.52 bits per heavy atom. The van der Waals surface area contributed by atoms with Crippen molar-refractivity contribution in [3.63, 3.8) is 0 Å². The molecule has 3 nitrogen and oxygen atoms in total. The van der Waals surface area contributed by atoms with E-state index in [1.54, 1.807) is 35.2 Å². The number of rotatable bonds is 5. The number of unbranched alkanes of at least 4 members (excludes halogenated alkanes) is 1. The fourth-order valence-electron chi connectivity index (χ4n) is 2.65. The summed E-state index contributed by atoms with van der Waals surface area (Å²) in [7, 11) is 0. The highest BCUT2D eigenvalue weighted by atomic mass is 32.2. The third-order valence-electron chi connectivity index (χ3n) is 3.84. The fraction of sp³-hybridized carbons (Fsp3) is 0.562. The van der Waals surface area contributed by atoms with E-state index in [1.165, 1.54) is 18.7 Å². The Bertz CT molecular complexity index is 524. The van der Waals surface area contributed by atoms with Crippen LogP contribution >= 0.6 is 11.8 Å². The SMILES string of the molecule is CCCCN(C(C)=O)C1CN(C(F)(F)F)C(c2ccccc2)S1. The number of nitrogens with zero attached hydrogens (tertiary/aromatic N) is 2. The van der Waals surface area contributed by atoms with Gasteiger partial charge < -0.3 is 4.90 Å². The maximum Gasteiger partial charge on any atom is 0.461 e. The number of alkyl halides is 3. The van der Waals surface area contributed by atoms with Gasteiger partial charge in [0.25, 0.3) is 0 Å². The largest absolute Gasteiger partial charge is 0.461 e. The van der Waals surface area contributed by atoms with E-state index in [2.05, 4.69) is 0 Å².